The van der Waals surface area contributed by atoms with Crippen molar-refractivity contribution in [1.82, 2.24) is 0 Å². The molecule has 0 unspecified atom stereocenters. The Morgan fingerprint density at radius 3 is 2.67 bits per heavy atom. The Morgan fingerprint density at radius 2 is 2.06 bits per heavy atom. The third-order valence-electron chi connectivity index (χ3n) is 3.75. The van der Waals surface area contributed by atoms with E-state index >= 15 is 0 Å². The number of hydrogen-bond donors (Lipinski definition) is 0. The first-order valence-electron chi connectivity index (χ1n) is 6.82. The number of ketones is 1. The SMILES string of the molecule is CCOC1CC(CC(=O)c2ccc(C)cc2C)C1. The summed E-state index contributed by atoms with van der Waals surface area (Å²) in [7, 11) is 0. The number of carbonyl (C=O) groups excluding carboxylic acids is 1. The standard InChI is InChI=1S/C16H22O2/c1-4-18-14-8-13(9-14)10-16(17)15-6-5-11(2)7-12(15)3/h5-7,13-14H,4,8-10H2,1-3H3. The Labute approximate surface area is 109 Å². The smallest absolute Gasteiger partial charge is 0.163 e. The van der Waals surface area contributed by atoms with Gasteiger partial charge in [0.05, 0.1) is 6.10 Å². The maximum atomic E-state index is 12.2. The zero-order chi connectivity index (χ0) is 13.1. The molecule has 2 heteroatoms. The first-order chi connectivity index (χ1) is 8.60. The molecule has 1 aromatic carbocycles. The first-order valence-corrected chi connectivity index (χ1v) is 6.82. The van der Waals surface area contributed by atoms with E-state index < -0.39 is 0 Å². The molecule has 0 N–H and O–H groups in total. The van der Waals surface area contributed by atoms with Crippen LogP contribution in [0.15, 0.2) is 18.2 Å². The molecule has 0 radical (unpaired) electrons. The normalized spacial score (nSPS) is 22.6. The van der Waals surface area contributed by atoms with Crippen molar-refractivity contribution >= 4 is 5.78 Å². The van der Waals surface area contributed by atoms with Gasteiger partial charge in [0.25, 0.3) is 0 Å². The number of aryl methyl sites for hydroxylation is 2. The fourth-order valence-electron chi connectivity index (χ4n) is 2.71. The van der Waals surface area contributed by atoms with Crippen LogP contribution in [0.4, 0.5) is 0 Å². The van der Waals surface area contributed by atoms with E-state index in [1.54, 1.807) is 0 Å². The van der Waals surface area contributed by atoms with Crippen molar-refractivity contribution in [3.8, 4) is 0 Å². The van der Waals surface area contributed by atoms with Crippen LogP contribution in [-0.4, -0.2) is 18.5 Å². The van der Waals surface area contributed by atoms with E-state index in [2.05, 4.69) is 13.0 Å². The molecule has 98 valence electrons. The Balaban J connectivity index is 1.89. The van der Waals surface area contributed by atoms with E-state index in [1.807, 2.05) is 26.0 Å². The van der Waals surface area contributed by atoms with Crippen LogP contribution in [0.25, 0.3) is 0 Å². The summed E-state index contributed by atoms with van der Waals surface area (Å²) in [6, 6.07) is 6.06. The highest BCUT2D eigenvalue weighted by molar-refractivity contribution is 5.97. The summed E-state index contributed by atoms with van der Waals surface area (Å²) in [5.41, 5.74) is 3.20. The van der Waals surface area contributed by atoms with Gasteiger partial charge in [-0.2, -0.15) is 0 Å². The number of ether oxygens (including phenoxy) is 1. The third kappa shape index (κ3) is 2.99. The van der Waals surface area contributed by atoms with E-state index in [9.17, 15) is 4.79 Å². The van der Waals surface area contributed by atoms with Crippen LogP contribution in [0.2, 0.25) is 0 Å². The quantitative estimate of drug-likeness (QED) is 0.741. The predicted molar refractivity (Wildman–Crippen MR) is 73.0 cm³/mol. The number of carbonyl (C=O) groups is 1. The van der Waals surface area contributed by atoms with Crippen molar-refractivity contribution < 1.29 is 9.53 Å². The average molecular weight is 246 g/mol. The van der Waals surface area contributed by atoms with Crippen molar-refractivity contribution in [3.63, 3.8) is 0 Å². The van der Waals surface area contributed by atoms with Gasteiger partial charge in [0.15, 0.2) is 5.78 Å². The second kappa shape index (κ2) is 5.66. The summed E-state index contributed by atoms with van der Waals surface area (Å²) in [6.07, 6.45) is 3.16. The van der Waals surface area contributed by atoms with Crippen LogP contribution < -0.4 is 0 Å². The van der Waals surface area contributed by atoms with Gasteiger partial charge in [-0.05, 0) is 45.1 Å². The molecule has 0 saturated heterocycles. The molecule has 0 amide bonds. The van der Waals surface area contributed by atoms with Crippen molar-refractivity contribution in [2.75, 3.05) is 6.61 Å². The minimum Gasteiger partial charge on any atom is -0.378 e. The second-order valence-electron chi connectivity index (χ2n) is 5.36. The van der Waals surface area contributed by atoms with E-state index in [-0.39, 0.29) is 5.78 Å². The minimum atomic E-state index is 0.285. The second-order valence-corrected chi connectivity index (χ2v) is 5.36. The van der Waals surface area contributed by atoms with Crippen molar-refractivity contribution in [2.45, 2.75) is 46.1 Å². The van der Waals surface area contributed by atoms with Crippen molar-refractivity contribution in [2.24, 2.45) is 5.92 Å². The maximum absolute atomic E-state index is 12.2. The molecule has 2 nitrogen and oxygen atoms in total. The van der Waals surface area contributed by atoms with Gasteiger partial charge in [-0.1, -0.05) is 23.8 Å². The van der Waals surface area contributed by atoms with Gasteiger partial charge in [0.2, 0.25) is 0 Å². The van der Waals surface area contributed by atoms with E-state index in [0.717, 1.165) is 30.6 Å². The summed E-state index contributed by atoms with van der Waals surface area (Å²) < 4.78 is 5.52. The summed E-state index contributed by atoms with van der Waals surface area (Å²) in [6.45, 7) is 6.88. The van der Waals surface area contributed by atoms with E-state index in [4.69, 9.17) is 4.74 Å². The van der Waals surface area contributed by atoms with Crippen LogP contribution >= 0.6 is 0 Å². The van der Waals surface area contributed by atoms with Gasteiger partial charge in [0, 0.05) is 18.6 Å². The highest BCUT2D eigenvalue weighted by Crippen LogP contribution is 2.33. The van der Waals surface area contributed by atoms with Gasteiger partial charge in [-0.15, -0.1) is 0 Å². The molecule has 0 spiro atoms. The summed E-state index contributed by atoms with van der Waals surface area (Å²) in [4.78, 5) is 12.2. The third-order valence-corrected chi connectivity index (χ3v) is 3.75. The topological polar surface area (TPSA) is 26.3 Å². The summed E-state index contributed by atoms with van der Waals surface area (Å²) in [5.74, 6) is 0.808. The fourth-order valence-corrected chi connectivity index (χ4v) is 2.71. The van der Waals surface area contributed by atoms with Crippen LogP contribution in [0.5, 0.6) is 0 Å². The summed E-state index contributed by atoms with van der Waals surface area (Å²) >= 11 is 0. The Hall–Kier alpha value is -1.15. The number of Topliss-reactive ketones (excluding diaryl/α,β-unsaturated/α-hetero) is 1. The summed E-state index contributed by atoms with van der Waals surface area (Å²) in [5, 5.41) is 0. The molecule has 0 heterocycles. The molecule has 1 aromatic rings. The molecule has 0 atom stereocenters. The number of hydrogen-bond acceptors (Lipinski definition) is 2. The van der Waals surface area contributed by atoms with Crippen LogP contribution in [-0.2, 0) is 4.74 Å². The molecule has 0 bridgehead atoms. The van der Waals surface area contributed by atoms with Gasteiger partial charge in [0.1, 0.15) is 0 Å². The molecule has 2 rings (SSSR count). The largest absolute Gasteiger partial charge is 0.378 e. The average Bonchev–Trinajstić information content (AvgIpc) is 2.26. The molecule has 0 aliphatic heterocycles. The zero-order valence-corrected chi connectivity index (χ0v) is 11.5. The molecular weight excluding hydrogens is 224 g/mol. The van der Waals surface area contributed by atoms with Crippen LogP contribution in [0.3, 0.4) is 0 Å². The first kappa shape index (κ1) is 13.3. The highest BCUT2D eigenvalue weighted by Gasteiger charge is 2.31. The van der Waals surface area contributed by atoms with E-state index in [1.165, 1.54) is 5.56 Å². The van der Waals surface area contributed by atoms with Crippen LogP contribution in [0.1, 0.15) is 47.7 Å². The molecule has 1 aliphatic carbocycles. The van der Waals surface area contributed by atoms with Gasteiger partial charge in [-0.25, -0.2) is 0 Å². The fraction of sp³-hybridized carbons (Fsp3) is 0.562. The molecular formula is C16H22O2. The molecule has 18 heavy (non-hydrogen) atoms. The van der Waals surface area contributed by atoms with Crippen molar-refractivity contribution in [1.29, 1.82) is 0 Å². The van der Waals surface area contributed by atoms with E-state index in [0.29, 0.717) is 18.4 Å². The monoisotopic (exact) mass is 246 g/mol. The maximum Gasteiger partial charge on any atom is 0.163 e. The molecule has 1 aliphatic rings. The Bertz CT molecular complexity index is 431. The van der Waals surface area contributed by atoms with Crippen LogP contribution in [0, 0.1) is 19.8 Å². The minimum absolute atomic E-state index is 0.285. The Kier molecular flexibility index (Phi) is 4.18. The lowest BCUT2D eigenvalue weighted by Gasteiger charge is -2.34. The lowest BCUT2D eigenvalue weighted by atomic mass is 9.78. The number of rotatable bonds is 5. The lowest BCUT2D eigenvalue weighted by molar-refractivity contribution is -0.0246. The van der Waals surface area contributed by atoms with Crippen molar-refractivity contribution in [3.05, 3.63) is 34.9 Å². The van der Waals surface area contributed by atoms with Gasteiger partial charge >= 0.3 is 0 Å². The van der Waals surface area contributed by atoms with Gasteiger partial charge < -0.3 is 4.74 Å². The number of benzene rings is 1. The van der Waals surface area contributed by atoms with Gasteiger partial charge in [-0.3, -0.25) is 4.79 Å². The lowest BCUT2D eigenvalue weighted by Crippen LogP contribution is -2.32. The molecule has 0 aromatic heterocycles. The highest BCUT2D eigenvalue weighted by atomic mass is 16.5. The molecule has 1 fully saturated rings. The Morgan fingerprint density at radius 1 is 1.33 bits per heavy atom. The zero-order valence-electron chi connectivity index (χ0n) is 11.5. The predicted octanol–water partition coefficient (Wildman–Crippen LogP) is 3.69. The molecule has 1 saturated carbocycles.